The number of carboxylic acid groups (broad SMARTS) is 1. The third kappa shape index (κ3) is 1.93. The Balaban J connectivity index is 2.79. The van der Waals surface area contributed by atoms with Gasteiger partial charge in [-0.2, -0.15) is 0 Å². The van der Waals surface area contributed by atoms with Gasteiger partial charge in [-0.25, -0.2) is 4.79 Å². The fourth-order valence-electron chi connectivity index (χ4n) is 2.52. The van der Waals surface area contributed by atoms with Crippen molar-refractivity contribution in [1.82, 2.24) is 4.57 Å². The van der Waals surface area contributed by atoms with Gasteiger partial charge in [-0.1, -0.05) is 32.0 Å². The lowest BCUT2D eigenvalue weighted by Gasteiger charge is -2.29. The molecule has 2 aromatic rings. The maximum Gasteiger partial charge on any atom is 0.329 e. The predicted molar refractivity (Wildman–Crippen MR) is 74.4 cm³/mol. The van der Waals surface area contributed by atoms with Gasteiger partial charge in [0.2, 0.25) is 0 Å². The van der Waals surface area contributed by atoms with Crippen LogP contribution in [0.1, 0.15) is 26.7 Å². The molecule has 1 aromatic heterocycles. The predicted octanol–water partition coefficient (Wildman–Crippen LogP) is 2.60. The third-order valence-corrected chi connectivity index (χ3v) is 3.84. The van der Waals surface area contributed by atoms with Crippen molar-refractivity contribution in [2.45, 2.75) is 32.2 Å². The molecule has 0 fully saturated rings. The maximum absolute atomic E-state index is 12.5. The SMILES string of the molecule is CCC(CC)(C(=O)O)n1ccc2ccccc2c1=O. The van der Waals surface area contributed by atoms with E-state index in [1.54, 1.807) is 38.2 Å². The first-order chi connectivity index (χ1) is 9.06. The van der Waals surface area contributed by atoms with Crippen molar-refractivity contribution in [2.75, 3.05) is 0 Å². The Morgan fingerprint density at radius 1 is 1.21 bits per heavy atom. The number of aromatic nitrogens is 1. The van der Waals surface area contributed by atoms with E-state index in [2.05, 4.69) is 0 Å². The lowest BCUT2D eigenvalue weighted by atomic mass is 9.92. The Hall–Kier alpha value is -2.10. The number of hydrogen-bond acceptors (Lipinski definition) is 2. The maximum atomic E-state index is 12.5. The molecule has 0 spiro atoms. The number of nitrogens with zero attached hydrogens (tertiary/aromatic N) is 1. The lowest BCUT2D eigenvalue weighted by Crippen LogP contribution is -2.46. The molecule has 0 aliphatic rings. The minimum atomic E-state index is -1.17. The van der Waals surface area contributed by atoms with Gasteiger partial charge in [0.1, 0.15) is 5.54 Å². The molecule has 1 N–H and O–H groups in total. The summed E-state index contributed by atoms with van der Waals surface area (Å²) in [6, 6.07) is 9.01. The molecular weight excluding hydrogens is 242 g/mol. The highest BCUT2D eigenvalue weighted by Gasteiger charge is 2.37. The fourth-order valence-corrected chi connectivity index (χ4v) is 2.52. The van der Waals surface area contributed by atoms with Crippen molar-refractivity contribution in [3.8, 4) is 0 Å². The molecule has 0 bridgehead atoms. The molecule has 0 unspecified atom stereocenters. The first-order valence-corrected chi connectivity index (χ1v) is 6.41. The van der Waals surface area contributed by atoms with E-state index < -0.39 is 11.5 Å². The average Bonchev–Trinajstić information content (AvgIpc) is 2.43. The van der Waals surface area contributed by atoms with Crippen molar-refractivity contribution < 1.29 is 9.90 Å². The number of carboxylic acids is 1. The highest BCUT2D eigenvalue weighted by molar-refractivity contribution is 5.82. The normalized spacial score (nSPS) is 11.7. The smallest absolute Gasteiger partial charge is 0.329 e. The first kappa shape index (κ1) is 13.3. The molecule has 0 radical (unpaired) electrons. The molecule has 4 heteroatoms. The number of benzene rings is 1. The molecule has 0 aliphatic heterocycles. The largest absolute Gasteiger partial charge is 0.479 e. The van der Waals surface area contributed by atoms with Gasteiger partial charge in [-0.3, -0.25) is 9.36 Å². The average molecular weight is 259 g/mol. The molecule has 0 saturated carbocycles. The summed E-state index contributed by atoms with van der Waals surface area (Å²) in [7, 11) is 0. The van der Waals surface area contributed by atoms with Crippen molar-refractivity contribution in [1.29, 1.82) is 0 Å². The van der Waals surface area contributed by atoms with Crippen molar-refractivity contribution in [2.24, 2.45) is 0 Å². The van der Waals surface area contributed by atoms with Crippen LogP contribution >= 0.6 is 0 Å². The number of hydrogen-bond donors (Lipinski definition) is 1. The van der Waals surface area contributed by atoms with Crippen LogP contribution in [0.2, 0.25) is 0 Å². The minimum Gasteiger partial charge on any atom is -0.479 e. The summed E-state index contributed by atoms with van der Waals surface area (Å²) in [5.74, 6) is -0.963. The van der Waals surface area contributed by atoms with E-state index in [1.165, 1.54) is 4.57 Å². The summed E-state index contributed by atoms with van der Waals surface area (Å²) < 4.78 is 1.36. The van der Waals surface area contributed by atoms with Crippen LogP contribution in [-0.2, 0) is 10.3 Å². The highest BCUT2D eigenvalue weighted by Crippen LogP contribution is 2.25. The Bertz CT molecular complexity index is 668. The highest BCUT2D eigenvalue weighted by atomic mass is 16.4. The molecule has 0 aliphatic carbocycles. The molecule has 19 heavy (non-hydrogen) atoms. The standard InChI is InChI=1S/C15H17NO3/c1-3-15(4-2,14(18)19)16-10-9-11-7-5-6-8-12(11)13(16)17/h5-10H,3-4H2,1-2H3,(H,18,19). The molecule has 0 amide bonds. The van der Waals surface area contributed by atoms with Gasteiger partial charge in [0, 0.05) is 11.6 Å². The lowest BCUT2D eigenvalue weighted by molar-refractivity contribution is -0.148. The summed E-state index contributed by atoms with van der Waals surface area (Å²) in [6.07, 6.45) is 2.33. The Morgan fingerprint density at radius 3 is 2.42 bits per heavy atom. The van der Waals surface area contributed by atoms with Crippen LogP contribution < -0.4 is 5.56 Å². The van der Waals surface area contributed by atoms with Gasteiger partial charge < -0.3 is 5.11 Å². The van der Waals surface area contributed by atoms with Gasteiger partial charge in [0.05, 0.1) is 0 Å². The van der Waals surface area contributed by atoms with Gasteiger partial charge in [-0.15, -0.1) is 0 Å². The Kier molecular flexibility index (Phi) is 3.42. The summed E-state index contributed by atoms with van der Waals surface area (Å²) in [5.41, 5.74) is -1.41. The van der Waals surface area contributed by atoms with Crippen LogP contribution in [0, 0.1) is 0 Å². The minimum absolute atomic E-state index is 0.246. The zero-order valence-electron chi connectivity index (χ0n) is 11.1. The van der Waals surface area contributed by atoms with E-state index in [0.29, 0.717) is 18.2 Å². The van der Waals surface area contributed by atoms with Gasteiger partial charge >= 0.3 is 5.97 Å². The fraction of sp³-hybridized carbons (Fsp3) is 0.333. The Labute approximate surface area is 111 Å². The second-order valence-electron chi connectivity index (χ2n) is 4.62. The summed E-state index contributed by atoms with van der Waals surface area (Å²) in [4.78, 5) is 24.1. The molecule has 4 nitrogen and oxygen atoms in total. The van der Waals surface area contributed by atoms with E-state index >= 15 is 0 Å². The zero-order valence-corrected chi connectivity index (χ0v) is 11.1. The van der Waals surface area contributed by atoms with E-state index in [9.17, 15) is 14.7 Å². The zero-order chi connectivity index (χ0) is 14.0. The van der Waals surface area contributed by atoms with Crippen LogP contribution in [0.3, 0.4) is 0 Å². The number of carbonyl (C=O) groups is 1. The molecule has 0 saturated heterocycles. The van der Waals surface area contributed by atoms with Crippen molar-refractivity contribution in [3.05, 3.63) is 46.9 Å². The van der Waals surface area contributed by atoms with E-state index in [0.717, 1.165) is 5.39 Å². The molecule has 2 rings (SSSR count). The van der Waals surface area contributed by atoms with Gasteiger partial charge in [-0.05, 0) is 30.4 Å². The number of aliphatic carboxylic acids is 1. The van der Waals surface area contributed by atoms with Crippen LogP contribution in [0.25, 0.3) is 10.8 Å². The van der Waals surface area contributed by atoms with Crippen molar-refractivity contribution in [3.63, 3.8) is 0 Å². The van der Waals surface area contributed by atoms with Crippen LogP contribution in [0.15, 0.2) is 41.3 Å². The van der Waals surface area contributed by atoms with Crippen molar-refractivity contribution >= 4 is 16.7 Å². The number of fused-ring (bicyclic) bond motifs is 1. The van der Waals surface area contributed by atoms with Crippen LogP contribution in [-0.4, -0.2) is 15.6 Å². The van der Waals surface area contributed by atoms with E-state index in [4.69, 9.17) is 0 Å². The number of pyridine rings is 1. The molecule has 1 aromatic carbocycles. The molecule has 100 valence electrons. The summed E-state index contributed by atoms with van der Waals surface area (Å²) >= 11 is 0. The second-order valence-corrected chi connectivity index (χ2v) is 4.62. The van der Waals surface area contributed by atoms with E-state index in [-0.39, 0.29) is 5.56 Å². The second kappa shape index (κ2) is 4.88. The first-order valence-electron chi connectivity index (χ1n) is 6.41. The Morgan fingerprint density at radius 2 is 1.84 bits per heavy atom. The quantitative estimate of drug-likeness (QED) is 0.918. The summed E-state index contributed by atoms with van der Waals surface area (Å²) in [5, 5.41) is 10.9. The molecular formula is C15H17NO3. The molecule has 1 heterocycles. The summed E-state index contributed by atoms with van der Waals surface area (Å²) in [6.45, 7) is 3.58. The monoisotopic (exact) mass is 259 g/mol. The van der Waals surface area contributed by atoms with Gasteiger partial charge in [0.25, 0.3) is 5.56 Å². The van der Waals surface area contributed by atoms with Crippen LogP contribution in [0.4, 0.5) is 0 Å². The number of rotatable bonds is 4. The molecule has 0 atom stereocenters. The van der Waals surface area contributed by atoms with Crippen LogP contribution in [0.5, 0.6) is 0 Å². The third-order valence-electron chi connectivity index (χ3n) is 3.84. The van der Waals surface area contributed by atoms with Gasteiger partial charge in [0.15, 0.2) is 0 Å². The topological polar surface area (TPSA) is 59.3 Å². The van der Waals surface area contributed by atoms with E-state index in [1.807, 2.05) is 12.1 Å².